The van der Waals surface area contributed by atoms with Gasteiger partial charge in [-0.15, -0.1) is 11.3 Å². The summed E-state index contributed by atoms with van der Waals surface area (Å²) in [6.07, 6.45) is -0.149. The van der Waals surface area contributed by atoms with Crippen molar-refractivity contribution in [3.8, 4) is 0 Å². The minimum atomic E-state index is -0.961. The zero-order valence-electron chi connectivity index (χ0n) is 7.56. The first-order valence-corrected chi connectivity index (χ1v) is 4.91. The van der Waals surface area contributed by atoms with E-state index >= 15 is 0 Å². The highest BCUT2D eigenvalue weighted by Crippen LogP contribution is 2.16. The molecule has 0 saturated carbocycles. The number of thiazole rings is 1. The first-order valence-electron chi connectivity index (χ1n) is 3.96. The van der Waals surface area contributed by atoms with E-state index in [1.807, 2.05) is 0 Å². The smallest absolute Gasteiger partial charge is 0.305 e. The predicted octanol–water partition coefficient (Wildman–Crippen LogP) is 0.795. The van der Waals surface area contributed by atoms with E-state index in [-0.39, 0.29) is 12.3 Å². The fraction of sp³-hybridized carbons (Fsp3) is 0.375. The third-order valence-corrected chi connectivity index (χ3v) is 2.17. The Morgan fingerprint density at radius 1 is 1.71 bits per heavy atom. The summed E-state index contributed by atoms with van der Waals surface area (Å²) >= 11 is 1.37. The summed E-state index contributed by atoms with van der Waals surface area (Å²) < 4.78 is 0. The quantitative estimate of drug-likeness (QED) is 0.776. The molecule has 0 bridgehead atoms. The predicted molar refractivity (Wildman–Crippen MR) is 50.9 cm³/mol. The first-order chi connectivity index (χ1) is 6.59. The Morgan fingerprint density at radius 2 is 2.43 bits per heavy atom. The zero-order valence-corrected chi connectivity index (χ0v) is 8.37. The molecule has 6 heteroatoms. The highest BCUT2D eigenvalue weighted by molar-refractivity contribution is 7.07. The van der Waals surface area contributed by atoms with E-state index < -0.39 is 12.0 Å². The Kier molecular flexibility index (Phi) is 3.58. The van der Waals surface area contributed by atoms with Gasteiger partial charge in [0.1, 0.15) is 0 Å². The Hall–Kier alpha value is -1.43. The number of nitrogens with zero attached hydrogens (tertiary/aromatic N) is 1. The van der Waals surface area contributed by atoms with Crippen LogP contribution in [0, 0.1) is 0 Å². The third kappa shape index (κ3) is 3.14. The van der Waals surface area contributed by atoms with Crippen molar-refractivity contribution < 1.29 is 14.7 Å². The molecule has 14 heavy (non-hydrogen) atoms. The summed E-state index contributed by atoms with van der Waals surface area (Å²) in [5.41, 5.74) is 2.19. The number of aromatic nitrogens is 1. The summed E-state index contributed by atoms with van der Waals surface area (Å²) in [5, 5.41) is 12.9. The van der Waals surface area contributed by atoms with Crippen LogP contribution in [-0.4, -0.2) is 22.0 Å². The van der Waals surface area contributed by atoms with Crippen LogP contribution < -0.4 is 5.32 Å². The lowest BCUT2D eigenvalue weighted by atomic mass is 10.1. The highest BCUT2D eigenvalue weighted by atomic mass is 32.1. The number of aliphatic carboxylic acids is 1. The second kappa shape index (κ2) is 4.71. The van der Waals surface area contributed by atoms with Gasteiger partial charge in [-0.05, 0) is 0 Å². The normalized spacial score (nSPS) is 12.1. The molecule has 1 atom stereocenters. The van der Waals surface area contributed by atoms with Crippen LogP contribution in [0.25, 0.3) is 0 Å². The van der Waals surface area contributed by atoms with Crippen molar-refractivity contribution in [1.29, 1.82) is 0 Å². The molecule has 0 fully saturated rings. The van der Waals surface area contributed by atoms with Gasteiger partial charge in [-0.3, -0.25) is 9.59 Å². The van der Waals surface area contributed by atoms with Crippen molar-refractivity contribution in [1.82, 2.24) is 10.3 Å². The highest BCUT2D eigenvalue weighted by Gasteiger charge is 2.17. The van der Waals surface area contributed by atoms with Crippen molar-refractivity contribution in [2.45, 2.75) is 19.4 Å². The fourth-order valence-corrected chi connectivity index (χ4v) is 1.65. The Bertz CT molecular complexity index is 307. The zero-order chi connectivity index (χ0) is 10.6. The largest absolute Gasteiger partial charge is 0.481 e. The van der Waals surface area contributed by atoms with Gasteiger partial charge in [-0.1, -0.05) is 0 Å². The molecular weight excluding hydrogens is 204 g/mol. The second-order valence-electron chi connectivity index (χ2n) is 2.76. The number of hydrogen-bond donors (Lipinski definition) is 2. The molecule has 76 valence electrons. The van der Waals surface area contributed by atoms with Crippen LogP contribution in [-0.2, 0) is 9.59 Å². The molecule has 2 N–H and O–H groups in total. The molecule has 0 spiro atoms. The summed E-state index contributed by atoms with van der Waals surface area (Å²) in [6.45, 7) is 1.35. The molecule has 0 aliphatic heterocycles. The monoisotopic (exact) mass is 214 g/mol. The maximum atomic E-state index is 10.8. The molecule has 1 unspecified atom stereocenters. The minimum absolute atomic E-state index is 0.149. The van der Waals surface area contributed by atoms with E-state index in [9.17, 15) is 9.59 Å². The van der Waals surface area contributed by atoms with Crippen LogP contribution in [0.4, 0.5) is 0 Å². The molecule has 1 aromatic heterocycles. The number of carbonyl (C=O) groups is 2. The molecule has 1 amide bonds. The van der Waals surface area contributed by atoms with Crippen LogP contribution in [0.3, 0.4) is 0 Å². The first kappa shape index (κ1) is 10.6. The van der Waals surface area contributed by atoms with Gasteiger partial charge in [0.15, 0.2) is 0 Å². The number of nitrogens with one attached hydrogen (secondary N) is 1. The van der Waals surface area contributed by atoms with Gasteiger partial charge in [-0.25, -0.2) is 4.98 Å². The van der Waals surface area contributed by atoms with E-state index in [1.165, 1.54) is 18.3 Å². The van der Waals surface area contributed by atoms with E-state index in [4.69, 9.17) is 5.11 Å². The Morgan fingerprint density at radius 3 is 2.86 bits per heavy atom. The molecule has 5 nitrogen and oxygen atoms in total. The minimum Gasteiger partial charge on any atom is -0.481 e. The van der Waals surface area contributed by atoms with Crippen LogP contribution in [0.2, 0.25) is 0 Å². The third-order valence-electron chi connectivity index (χ3n) is 1.56. The fourth-order valence-electron chi connectivity index (χ4n) is 1.04. The number of amides is 1. The summed E-state index contributed by atoms with van der Waals surface area (Å²) in [6, 6.07) is -0.531. The lowest BCUT2D eigenvalue weighted by molar-refractivity contribution is -0.137. The molecular formula is C8H10N2O3S. The Balaban J connectivity index is 2.71. The van der Waals surface area contributed by atoms with Gasteiger partial charge in [0.25, 0.3) is 0 Å². The number of carboxylic acid groups (broad SMARTS) is 1. The average molecular weight is 214 g/mol. The van der Waals surface area contributed by atoms with Crippen molar-refractivity contribution in [3.63, 3.8) is 0 Å². The average Bonchev–Trinajstić information content (AvgIpc) is 2.52. The summed E-state index contributed by atoms with van der Waals surface area (Å²) in [5.74, 6) is -1.22. The van der Waals surface area contributed by atoms with Crippen LogP contribution in [0.5, 0.6) is 0 Å². The van der Waals surface area contributed by atoms with Gasteiger partial charge < -0.3 is 10.4 Å². The maximum absolute atomic E-state index is 10.8. The number of hydrogen-bond acceptors (Lipinski definition) is 4. The van der Waals surface area contributed by atoms with Crippen molar-refractivity contribution in [3.05, 3.63) is 16.6 Å². The van der Waals surface area contributed by atoms with Gasteiger partial charge in [0.05, 0.1) is 23.7 Å². The van der Waals surface area contributed by atoms with Crippen LogP contribution >= 0.6 is 11.3 Å². The molecule has 1 rings (SSSR count). The molecule has 0 aliphatic rings. The molecule has 1 heterocycles. The molecule has 0 aromatic carbocycles. The lowest BCUT2D eigenvalue weighted by Crippen LogP contribution is -2.28. The van der Waals surface area contributed by atoms with E-state index in [1.54, 1.807) is 10.9 Å². The van der Waals surface area contributed by atoms with Gasteiger partial charge in [0.2, 0.25) is 5.91 Å². The van der Waals surface area contributed by atoms with Crippen LogP contribution in [0.1, 0.15) is 25.1 Å². The topological polar surface area (TPSA) is 79.3 Å². The molecule has 0 aliphatic carbocycles. The van der Waals surface area contributed by atoms with E-state index in [0.29, 0.717) is 5.69 Å². The van der Waals surface area contributed by atoms with Crippen molar-refractivity contribution >= 4 is 23.2 Å². The summed E-state index contributed by atoms with van der Waals surface area (Å²) in [7, 11) is 0. The number of carbonyl (C=O) groups excluding carboxylic acids is 1. The number of rotatable bonds is 4. The van der Waals surface area contributed by atoms with E-state index in [2.05, 4.69) is 10.3 Å². The molecule has 0 radical (unpaired) electrons. The van der Waals surface area contributed by atoms with Gasteiger partial charge in [0, 0.05) is 12.3 Å². The van der Waals surface area contributed by atoms with E-state index in [0.717, 1.165) is 0 Å². The lowest BCUT2D eigenvalue weighted by Gasteiger charge is -2.12. The maximum Gasteiger partial charge on any atom is 0.305 e. The van der Waals surface area contributed by atoms with Crippen LogP contribution in [0.15, 0.2) is 10.9 Å². The second-order valence-corrected chi connectivity index (χ2v) is 3.48. The van der Waals surface area contributed by atoms with Crippen molar-refractivity contribution in [2.75, 3.05) is 0 Å². The van der Waals surface area contributed by atoms with Crippen molar-refractivity contribution in [2.24, 2.45) is 0 Å². The van der Waals surface area contributed by atoms with Gasteiger partial charge in [-0.2, -0.15) is 0 Å². The molecule has 0 saturated heterocycles. The summed E-state index contributed by atoms with van der Waals surface area (Å²) in [4.78, 5) is 25.3. The Labute approximate surface area is 84.8 Å². The number of carboxylic acids is 1. The standard InChI is InChI=1S/C8H10N2O3S/c1-5(11)10-6(2-8(12)13)7-3-14-4-9-7/h3-4,6H,2H2,1H3,(H,10,11)(H,12,13). The van der Waals surface area contributed by atoms with Gasteiger partial charge >= 0.3 is 5.97 Å². The SMILES string of the molecule is CC(=O)NC(CC(=O)O)c1cscn1. The molecule has 1 aromatic rings.